The fourth-order valence-corrected chi connectivity index (χ4v) is 5.15. The Labute approximate surface area is 225 Å². The minimum atomic E-state index is -0.391. The molecule has 196 valence electrons. The standard InChI is InChI=1S/C28H28N4O5S/c29-14-20-5-8-22(9-6-20)30-28(34)32(16-23-3-1-11-35-23)18-27(33)31(17-24-4-2-12-38-24)15-21-7-10-25-26(13-21)37-19-36-25/h2,4-10,12-13,23H,1,3,11,15-19H2,(H,30,34)/t23-/m0/s1. The molecule has 2 aromatic carbocycles. The number of benzene rings is 2. The lowest BCUT2D eigenvalue weighted by atomic mass is 10.1. The van der Waals surface area contributed by atoms with Gasteiger partial charge >= 0.3 is 6.03 Å². The molecule has 5 rings (SSSR count). The van der Waals surface area contributed by atoms with Gasteiger partial charge in [-0.2, -0.15) is 5.26 Å². The summed E-state index contributed by atoms with van der Waals surface area (Å²) in [5.74, 6) is 1.17. The molecule has 0 saturated carbocycles. The van der Waals surface area contributed by atoms with Crippen LogP contribution >= 0.6 is 11.3 Å². The Hall–Kier alpha value is -4.07. The predicted octanol–water partition coefficient (Wildman–Crippen LogP) is 4.59. The molecule has 1 aromatic heterocycles. The van der Waals surface area contributed by atoms with Crippen molar-refractivity contribution in [3.05, 3.63) is 76.0 Å². The fraction of sp³-hybridized carbons (Fsp3) is 0.321. The molecule has 10 heteroatoms. The first kappa shape index (κ1) is 25.6. The van der Waals surface area contributed by atoms with Crippen molar-refractivity contribution in [3.8, 4) is 17.6 Å². The molecule has 3 amide bonds. The fourth-order valence-electron chi connectivity index (χ4n) is 4.43. The number of ether oxygens (including phenoxy) is 3. The first-order valence-electron chi connectivity index (χ1n) is 12.4. The summed E-state index contributed by atoms with van der Waals surface area (Å²) < 4.78 is 16.7. The molecule has 1 fully saturated rings. The van der Waals surface area contributed by atoms with Gasteiger partial charge in [0.25, 0.3) is 0 Å². The van der Waals surface area contributed by atoms with Gasteiger partial charge in [0.05, 0.1) is 24.3 Å². The van der Waals surface area contributed by atoms with Gasteiger partial charge in [-0.15, -0.1) is 11.3 Å². The largest absolute Gasteiger partial charge is 0.454 e. The number of nitrogens with zero attached hydrogens (tertiary/aromatic N) is 3. The van der Waals surface area contributed by atoms with Crippen LogP contribution in [0.3, 0.4) is 0 Å². The number of nitrogens with one attached hydrogen (secondary N) is 1. The summed E-state index contributed by atoms with van der Waals surface area (Å²) in [4.78, 5) is 31.3. The lowest BCUT2D eigenvalue weighted by Gasteiger charge is -2.29. The van der Waals surface area contributed by atoms with Gasteiger partial charge in [-0.05, 0) is 66.2 Å². The maximum atomic E-state index is 13.7. The van der Waals surface area contributed by atoms with Crippen LogP contribution in [-0.4, -0.2) is 54.3 Å². The highest BCUT2D eigenvalue weighted by molar-refractivity contribution is 7.09. The Morgan fingerprint density at radius 2 is 1.89 bits per heavy atom. The van der Waals surface area contributed by atoms with E-state index in [4.69, 9.17) is 19.5 Å². The molecule has 1 atom stereocenters. The second-order valence-corrected chi connectivity index (χ2v) is 10.2. The van der Waals surface area contributed by atoms with Crippen molar-refractivity contribution in [2.75, 3.05) is 31.8 Å². The third-order valence-corrected chi connectivity index (χ3v) is 7.28. The van der Waals surface area contributed by atoms with Crippen molar-refractivity contribution in [3.63, 3.8) is 0 Å². The zero-order valence-electron chi connectivity index (χ0n) is 20.8. The van der Waals surface area contributed by atoms with Crippen molar-refractivity contribution < 1.29 is 23.8 Å². The van der Waals surface area contributed by atoms with E-state index in [0.717, 1.165) is 23.3 Å². The van der Waals surface area contributed by atoms with Crippen LogP contribution in [0, 0.1) is 11.3 Å². The van der Waals surface area contributed by atoms with Crippen molar-refractivity contribution in [2.24, 2.45) is 0 Å². The van der Waals surface area contributed by atoms with Crippen LogP contribution in [0.4, 0.5) is 10.5 Å². The molecule has 1 N–H and O–H groups in total. The van der Waals surface area contributed by atoms with E-state index in [1.165, 1.54) is 4.90 Å². The van der Waals surface area contributed by atoms with Crippen molar-refractivity contribution in [1.82, 2.24) is 9.80 Å². The minimum absolute atomic E-state index is 0.0993. The van der Waals surface area contributed by atoms with E-state index in [1.54, 1.807) is 40.5 Å². The zero-order valence-corrected chi connectivity index (χ0v) is 21.6. The topological polar surface area (TPSA) is 104 Å². The first-order chi connectivity index (χ1) is 18.6. The van der Waals surface area contributed by atoms with Crippen molar-refractivity contribution >= 4 is 29.0 Å². The second-order valence-electron chi connectivity index (χ2n) is 9.15. The van der Waals surface area contributed by atoms with Crippen LogP contribution < -0.4 is 14.8 Å². The summed E-state index contributed by atoms with van der Waals surface area (Å²) in [7, 11) is 0. The number of carbonyl (C=O) groups excluding carboxylic acids is 2. The first-order valence-corrected chi connectivity index (χ1v) is 13.3. The molecule has 3 aromatic rings. The number of hydrogen-bond donors (Lipinski definition) is 1. The number of fused-ring (bicyclic) bond motifs is 1. The van der Waals surface area contributed by atoms with Gasteiger partial charge in [0.2, 0.25) is 12.7 Å². The number of rotatable bonds is 9. The molecule has 0 aliphatic carbocycles. The smallest absolute Gasteiger partial charge is 0.322 e. The molecule has 0 radical (unpaired) electrons. The van der Waals surface area contributed by atoms with Crippen LogP contribution in [0.1, 0.15) is 28.8 Å². The Morgan fingerprint density at radius 1 is 1.05 bits per heavy atom. The monoisotopic (exact) mass is 532 g/mol. The molecule has 1 saturated heterocycles. The van der Waals surface area contributed by atoms with Crippen LogP contribution in [-0.2, 0) is 22.6 Å². The molecular formula is C28H28N4O5S. The number of hydrogen-bond acceptors (Lipinski definition) is 7. The van der Waals surface area contributed by atoms with Gasteiger partial charge in [0.15, 0.2) is 11.5 Å². The summed E-state index contributed by atoms with van der Waals surface area (Å²) in [5, 5.41) is 13.9. The molecule has 0 spiro atoms. The molecule has 0 bridgehead atoms. The van der Waals surface area contributed by atoms with Gasteiger partial charge in [-0.1, -0.05) is 12.1 Å². The molecular weight excluding hydrogens is 504 g/mol. The highest BCUT2D eigenvalue weighted by Gasteiger charge is 2.27. The van der Waals surface area contributed by atoms with E-state index >= 15 is 0 Å². The maximum absolute atomic E-state index is 13.7. The van der Waals surface area contributed by atoms with Crippen molar-refractivity contribution in [2.45, 2.75) is 32.0 Å². The van der Waals surface area contributed by atoms with Gasteiger partial charge in [-0.25, -0.2) is 4.79 Å². The molecule has 2 aliphatic heterocycles. The van der Waals surface area contributed by atoms with Crippen LogP contribution in [0.15, 0.2) is 60.0 Å². The van der Waals surface area contributed by atoms with E-state index in [2.05, 4.69) is 11.4 Å². The summed E-state index contributed by atoms with van der Waals surface area (Å²) in [6.07, 6.45) is 1.65. The molecule has 0 unspecified atom stereocenters. The van der Waals surface area contributed by atoms with Gasteiger partial charge in [0.1, 0.15) is 6.54 Å². The Kier molecular flexibility index (Phi) is 8.06. The third kappa shape index (κ3) is 6.43. The van der Waals surface area contributed by atoms with Crippen molar-refractivity contribution in [1.29, 1.82) is 5.26 Å². The number of anilines is 1. The predicted molar refractivity (Wildman–Crippen MR) is 142 cm³/mol. The normalized spacial score (nSPS) is 15.6. The molecule has 3 heterocycles. The van der Waals surface area contributed by atoms with Crippen LogP contribution in [0.5, 0.6) is 11.5 Å². The van der Waals surface area contributed by atoms with E-state index in [-0.39, 0.29) is 25.3 Å². The minimum Gasteiger partial charge on any atom is -0.454 e. The van der Waals surface area contributed by atoms with E-state index in [0.29, 0.717) is 49.0 Å². The summed E-state index contributed by atoms with van der Waals surface area (Å²) >= 11 is 1.58. The average Bonchev–Trinajstić information content (AvgIpc) is 3.71. The SMILES string of the molecule is N#Cc1ccc(NC(=O)N(CC(=O)N(Cc2ccc3c(c2)OCO3)Cc2cccs2)C[C@@H]2CCCO2)cc1. The van der Waals surface area contributed by atoms with E-state index < -0.39 is 6.03 Å². The summed E-state index contributed by atoms with van der Waals surface area (Å²) in [6.45, 7) is 1.83. The highest BCUT2D eigenvalue weighted by atomic mass is 32.1. The molecule has 38 heavy (non-hydrogen) atoms. The summed E-state index contributed by atoms with van der Waals surface area (Å²) in [5.41, 5.74) is 1.96. The lowest BCUT2D eigenvalue weighted by Crippen LogP contribution is -2.46. The highest BCUT2D eigenvalue weighted by Crippen LogP contribution is 2.33. The Balaban J connectivity index is 1.33. The van der Waals surface area contributed by atoms with Gasteiger partial charge in [-0.3, -0.25) is 4.79 Å². The Bertz CT molecular complexity index is 1300. The third-order valence-electron chi connectivity index (χ3n) is 6.42. The number of nitriles is 1. The van der Waals surface area contributed by atoms with Gasteiger partial charge < -0.3 is 29.3 Å². The molecule has 9 nitrogen and oxygen atoms in total. The average molecular weight is 533 g/mol. The number of urea groups is 1. The number of thiophene rings is 1. The number of carbonyl (C=O) groups is 2. The molecule has 2 aliphatic rings. The van der Waals surface area contributed by atoms with E-state index in [9.17, 15) is 9.59 Å². The second kappa shape index (κ2) is 12.0. The van der Waals surface area contributed by atoms with Crippen LogP contribution in [0.2, 0.25) is 0 Å². The Morgan fingerprint density at radius 3 is 2.63 bits per heavy atom. The number of amides is 3. The van der Waals surface area contributed by atoms with E-state index in [1.807, 2.05) is 35.7 Å². The zero-order chi connectivity index (χ0) is 26.3. The summed E-state index contributed by atoms with van der Waals surface area (Å²) in [6, 6.07) is 17.9. The quantitative estimate of drug-likeness (QED) is 0.432. The van der Waals surface area contributed by atoms with Crippen LogP contribution in [0.25, 0.3) is 0 Å². The lowest BCUT2D eigenvalue weighted by molar-refractivity contribution is -0.133. The van der Waals surface area contributed by atoms with Gasteiger partial charge in [0, 0.05) is 30.3 Å². The maximum Gasteiger partial charge on any atom is 0.322 e.